The minimum Gasteiger partial charge on any atom is -0.465 e. The molecular weight excluding hydrogens is 236 g/mol. The van der Waals surface area contributed by atoms with Gasteiger partial charge in [0.1, 0.15) is 5.76 Å². The van der Waals surface area contributed by atoms with Crippen molar-refractivity contribution in [2.45, 2.75) is 13.8 Å². The van der Waals surface area contributed by atoms with Crippen LogP contribution >= 0.6 is 11.3 Å². The summed E-state index contributed by atoms with van der Waals surface area (Å²) in [5.41, 5.74) is 0.945. The lowest BCUT2D eigenvalue weighted by molar-refractivity contribution is -0.111. The van der Waals surface area contributed by atoms with E-state index in [9.17, 15) is 4.79 Å². The largest absolute Gasteiger partial charge is 0.465 e. The van der Waals surface area contributed by atoms with Gasteiger partial charge in [-0.15, -0.1) is 11.3 Å². The molecule has 0 aliphatic carbocycles. The van der Waals surface area contributed by atoms with Crippen LogP contribution in [0.5, 0.6) is 0 Å². The third-order valence-electron chi connectivity index (χ3n) is 2.20. The maximum absolute atomic E-state index is 11.6. The molecule has 0 spiro atoms. The van der Waals surface area contributed by atoms with Gasteiger partial charge < -0.3 is 4.42 Å². The van der Waals surface area contributed by atoms with E-state index in [0.717, 1.165) is 10.6 Å². The molecule has 2 aromatic heterocycles. The second-order valence-electron chi connectivity index (χ2n) is 3.50. The number of aromatic nitrogens is 1. The first-order valence-electron chi connectivity index (χ1n) is 5.12. The van der Waals surface area contributed by atoms with Crippen LogP contribution in [0.25, 0.3) is 6.08 Å². The number of nitrogens with zero attached hydrogens (tertiary/aromatic N) is 1. The summed E-state index contributed by atoms with van der Waals surface area (Å²) in [4.78, 5) is 16.9. The molecule has 0 bridgehead atoms. The van der Waals surface area contributed by atoms with Gasteiger partial charge in [-0.1, -0.05) is 0 Å². The normalized spacial score (nSPS) is 10.9. The molecule has 0 fully saturated rings. The average molecular weight is 248 g/mol. The lowest BCUT2D eigenvalue weighted by Gasteiger charge is -1.94. The number of hydrogen-bond donors (Lipinski definition) is 1. The van der Waals surface area contributed by atoms with E-state index in [2.05, 4.69) is 10.3 Å². The average Bonchev–Trinajstić information content (AvgIpc) is 2.87. The Labute approximate surface area is 103 Å². The van der Waals surface area contributed by atoms with E-state index < -0.39 is 0 Å². The van der Waals surface area contributed by atoms with Crippen LogP contribution in [0.4, 0.5) is 5.13 Å². The molecule has 5 heteroatoms. The molecule has 4 nitrogen and oxygen atoms in total. The van der Waals surface area contributed by atoms with E-state index in [0.29, 0.717) is 10.9 Å². The van der Waals surface area contributed by atoms with Gasteiger partial charge in [0.25, 0.3) is 0 Å². The molecule has 0 aliphatic rings. The Balaban J connectivity index is 1.98. The summed E-state index contributed by atoms with van der Waals surface area (Å²) < 4.78 is 5.08. The molecule has 2 heterocycles. The van der Waals surface area contributed by atoms with Gasteiger partial charge in [-0.05, 0) is 32.1 Å². The van der Waals surface area contributed by atoms with Crippen LogP contribution in [0.3, 0.4) is 0 Å². The van der Waals surface area contributed by atoms with Crippen molar-refractivity contribution in [3.63, 3.8) is 0 Å². The van der Waals surface area contributed by atoms with Crippen molar-refractivity contribution in [1.82, 2.24) is 4.98 Å². The maximum atomic E-state index is 11.6. The molecule has 1 amide bonds. The minimum absolute atomic E-state index is 0.213. The Morgan fingerprint density at radius 1 is 1.53 bits per heavy atom. The van der Waals surface area contributed by atoms with E-state index in [-0.39, 0.29) is 5.91 Å². The van der Waals surface area contributed by atoms with Crippen LogP contribution in [0.1, 0.15) is 16.3 Å². The van der Waals surface area contributed by atoms with Crippen molar-refractivity contribution in [2.75, 3.05) is 5.32 Å². The zero-order valence-corrected chi connectivity index (χ0v) is 10.4. The van der Waals surface area contributed by atoms with Gasteiger partial charge >= 0.3 is 0 Å². The molecule has 0 aromatic carbocycles. The standard InChI is InChI=1S/C12H12N2O2S/c1-8-9(2)17-12(13-8)14-11(15)6-5-10-4-3-7-16-10/h3-7H,1-2H3,(H,13,14,15)/b6-5+. The molecule has 0 unspecified atom stereocenters. The van der Waals surface area contributed by atoms with Gasteiger partial charge in [-0.2, -0.15) is 0 Å². The number of hydrogen-bond acceptors (Lipinski definition) is 4. The number of rotatable bonds is 3. The van der Waals surface area contributed by atoms with Gasteiger partial charge in [0.15, 0.2) is 5.13 Å². The highest BCUT2D eigenvalue weighted by Crippen LogP contribution is 2.20. The molecule has 17 heavy (non-hydrogen) atoms. The Morgan fingerprint density at radius 2 is 2.35 bits per heavy atom. The Kier molecular flexibility index (Phi) is 3.39. The maximum Gasteiger partial charge on any atom is 0.250 e. The Morgan fingerprint density at radius 3 is 2.94 bits per heavy atom. The number of anilines is 1. The molecule has 0 saturated carbocycles. The van der Waals surface area contributed by atoms with Crippen LogP contribution in [0.2, 0.25) is 0 Å². The lowest BCUT2D eigenvalue weighted by atomic mass is 10.4. The van der Waals surface area contributed by atoms with Crippen molar-refractivity contribution in [1.29, 1.82) is 0 Å². The molecule has 88 valence electrons. The highest BCUT2D eigenvalue weighted by Gasteiger charge is 2.05. The monoisotopic (exact) mass is 248 g/mol. The van der Waals surface area contributed by atoms with Crippen molar-refractivity contribution in [3.05, 3.63) is 40.8 Å². The van der Waals surface area contributed by atoms with Crippen molar-refractivity contribution in [2.24, 2.45) is 0 Å². The quantitative estimate of drug-likeness (QED) is 0.849. The van der Waals surface area contributed by atoms with Gasteiger partial charge in [0.2, 0.25) is 5.91 Å². The van der Waals surface area contributed by atoms with E-state index in [4.69, 9.17) is 4.42 Å². The number of furan rings is 1. The summed E-state index contributed by atoms with van der Waals surface area (Å²) in [5.74, 6) is 0.432. The molecule has 1 N–H and O–H groups in total. The summed E-state index contributed by atoms with van der Waals surface area (Å²) in [6.45, 7) is 3.89. The zero-order chi connectivity index (χ0) is 12.3. The molecule has 2 aromatic rings. The van der Waals surface area contributed by atoms with Crippen molar-refractivity contribution >= 4 is 28.5 Å². The van der Waals surface area contributed by atoms with Gasteiger partial charge in [0, 0.05) is 11.0 Å². The molecule has 0 radical (unpaired) electrons. The SMILES string of the molecule is Cc1nc(NC(=O)/C=C/c2ccco2)sc1C. The zero-order valence-electron chi connectivity index (χ0n) is 9.56. The summed E-state index contributed by atoms with van der Waals surface area (Å²) in [6.07, 6.45) is 4.60. The van der Waals surface area contributed by atoms with E-state index in [1.165, 1.54) is 17.4 Å². The predicted molar refractivity (Wildman–Crippen MR) is 68.0 cm³/mol. The number of nitrogens with one attached hydrogen (secondary N) is 1. The molecule has 0 saturated heterocycles. The number of carbonyl (C=O) groups excluding carboxylic acids is 1. The highest BCUT2D eigenvalue weighted by atomic mass is 32.1. The highest BCUT2D eigenvalue weighted by molar-refractivity contribution is 7.15. The lowest BCUT2D eigenvalue weighted by Crippen LogP contribution is -2.07. The first kappa shape index (κ1) is 11.6. The van der Waals surface area contributed by atoms with E-state index >= 15 is 0 Å². The summed E-state index contributed by atoms with van der Waals surface area (Å²) in [5, 5.41) is 3.33. The first-order chi connectivity index (χ1) is 8.15. The summed E-state index contributed by atoms with van der Waals surface area (Å²) >= 11 is 1.47. The first-order valence-corrected chi connectivity index (χ1v) is 5.93. The molecule has 0 aliphatic heterocycles. The van der Waals surface area contributed by atoms with Crippen LogP contribution in [0.15, 0.2) is 28.9 Å². The van der Waals surface area contributed by atoms with Crippen LogP contribution < -0.4 is 5.32 Å². The van der Waals surface area contributed by atoms with Crippen LogP contribution in [0, 0.1) is 13.8 Å². The molecule has 2 rings (SSSR count). The summed E-state index contributed by atoms with van der Waals surface area (Å²) in [7, 11) is 0. The van der Waals surface area contributed by atoms with Crippen LogP contribution in [-0.4, -0.2) is 10.9 Å². The smallest absolute Gasteiger partial charge is 0.250 e. The minimum atomic E-state index is -0.213. The molecule has 0 atom stereocenters. The van der Waals surface area contributed by atoms with E-state index in [1.807, 2.05) is 13.8 Å². The third-order valence-corrected chi connectivity index (χ3v) is 3.19. The fraction of sp³-hybridized carbons (Fsp3) is 0.167. The van der Waals surface area contributed by atoms with Crippen molar-refractivity contribution in [3.8, 4) is 0 Å². The topological polar surface area (TPSA) is 55.1 Å². The van der Waals surface area contributed by atoms with Gasteiger partial charge in [-0.3, -0.25) is 10.1 Å². The van der Waals surface area contributed by atoms with Crippen LogP contribution in [-0.2, 0) is 4.79 Å². The fourth-order valence-corrected chi connectivity index (χ4v) is 2.03. The van der Waals surface area contributed by atoms with Gasteiger partial charge in [0.05, 0.1) is 12.0 Å². The number of thiazole rings is 1. The van der Waals surface area contributed by atoms with Crippen molar-refractivity contribution < 1.29 is 9.21 Å². The fourth-order valence-electron chi connectivity index (χ4n) is 1.22. The van der Waals surface area contributed by atoms with E-state index in [1.54, 1.807) is 24.5 Å². The number of carbonyl (C=O) groups is 1. The van der Waals surface area contributed by atoms with Gasteiger partial charge in [-0.25, -0.2) is 4.98 Å². The third kappa shape index (κ3) is 3.04. The number of amides is 1. The Bertz CT molecular complexity index is 521. The Hall–Kier alpha value is -1.88. The second-order valence-corrected chi connectivity index (χ2v) is 4.70. The summed E-state index contributed by atoms with van der Waals surface area (Å²) in [6, 6.07) is 3.55. The molecular formula is C12H12N2O2S. The second kappa shape index (κ2) is 4.97. The number of aryl methyl sites for hydroxylation is 2. The predicted octanol–water partition coefficient (Wildman–Crippen LogP) is 3.00.